The van der Waals surface area contributed by atoms with Gasteiger partial charge in [-0.2, -0.15) is 0 Å². The summed E-state index contributed by atoms with van der Waals surface area (Å²) in [6.45, 7) is 2.27. The SMILES string of the molecule is CNc1ccc(C2C(C(=O)OC)C(c3ccc(CC(=O)NCc4cccc(CNC(C)=O)c4)cc3)C2C(=O)OC)cc1. The molecule has 3 N–H and O–H groups in total. The van der Waals surface area contributed by atoms with Crippen LogP contribution in [0.2, 0.25) is 0 Å². The van der Waals surface area contributed by atoms with E-state index in [2.05, 4.69) is 16.0 Å². The van der Waals surface area contributed by atoms with Crippen molar-refractivity contribution in [1.82, 2.24) is 10.6 Å². The van der Waals surface area contributed by atoms with Crippen LogP contribution < -0.4 is 16.0 Å². The van der Waals surface area contributed by atoms with Gasteiger partial charge < -0.3 is 25.4 Å². The Morgan fingerprint density at radius 2 is 1.19 bits per heavy atom. The van der Waals surface area contributed by atoms with Crippen LogP contribution >= 0.6 is 0 Å². The van der Waals surface area contributed by atoms with Crippen LogP contribution in [-0.2, 0) is 48.2 Å². The molecule has 1 saturated carbocycles. The minimum atomic E-state index is -0.560. The molecule has 0 spiro atoms. The number of nitrogens with one attached hydrogen (secondary N) is 3. The number of rotatable bonds is 11. The highest BCUT2D eigenvalue weighted by Gasteiger charge is 2.59. The van der Waals surface area contributed by atoms with Crippen molar-refractivity contribution in [3.8, 4) is 0 Å². The van der Waals surface area contributed by atoms with Crippen LogP contribution in [0.4, 0.5) is 5.69 Å². The zero-order chi connectivity index (χ0) is 30.2. The van der Waals surface area contributed by atoms with E-state index >= 15 is 0 Å². The average Bonchev–Trinajstić information content (AvgIpc) is 2.99. The summed E-state index contributed by atoms with van der Waals surface area (Å²) >= 11 is 0. The molecule has 2 amide bonds. The Bertz CT molecular complexity index is 1400. The molecule has 1 aliphatic rings. The van der Waals surface area contributed by atoms with Crippen LogP contribution in [0.5, 0.6) is 0 Å². The van der Waals surface area contributed by atoms with Crippen LogP contribution in [-0.4, -0.2) is 45.0 Å². The Morgan fingerprint density at radius 3 is 1.67 bits per heavy atom. The molecule has 0 aromatic heterocycles. The Balaban J connectivity index is 1.45. The number of esters is 2. The second kappa shape index (κ2) is 13.8. The van der Waals surface area contributed by atoms with Crippen molar-refractivity contribution in [1.29, 1.82) is 0 Å². The number of carbonyl (C=O) groups is 4. The lowest BCUT2D eigenvalue weighted by molar-refractivity contribution is -0.164. The first-order valence-corrected chi connectivity index (χ1v) is 13.9. The van der Waals surface area contributed by atoms with Gasteiger partial charge in [0.05, 0.1) is 32.5 Å². The van der Waals surface area contributed by atoms with Crippen molar-refractivity contribution in [2.45, 2.75) is 38.3 Å². The van der Waals surface area contributed by atoms with Gasteiger partial charge >= 0.3 is 11.9 Å². The van der Waals surface area contributed by atoms with E-state index in [0.29, 0.717) is 13.1 Å². The van der Waals surface area contributed by atoms with Crippen molar-refractivity contribution >= 4 is 29.4 Å². The molecule has 0 heterocycles. The van der Waals surface area contributed by atoms with E-state index in [0.717, 1.165) is 33.5 Å². The number of hydrogen-bond donors (Lipinski definition) is 3. The summed E-state index contributed by atoms with van der Waals surface area (Å²) in [5.74, 6) is -2.93. The molecule has 9 nitrogen and oxygen atoms in total. The molecule has 1 aliphatic carbocycles. The summed E-state index contributed by atoms with van der Waals surface area (Å²) < 4.78 is 10.3. The Kier molecular flexibility index (Phi) is 9.96. The first kappa shape index (κ1) is 30.3. The first-order chi connectivity index (χ1) is 20.2. The molecule has 4 rings (SSSR count). The van der Waals surface area contributed by atoms with Crippen molar-refractivity contribution in [3.63, 3.8) is 0 Å². The second-order valence-electron chi connectivity index (χ2n) is 10.4. The number of benzene rings is 3. The Labute approximate surface area is 246 Å². The topological polar surface area (TPSA) is 123 Å². The molecule has 0 saturated heterocycles. The predicted octanol–water partition coefficient (Wildman–Crippen LogP) is 3.68. The van der Waals surface area contributed by atoms with E-state index in [1.54, 1.807) is 0 Å². The van der Waals surface area contributed by atoms with E-state index < -0.39 is 17.8 Å². The van der Waals surface area contributed by atoms with Gasteiger partial charge in [-0.05, 0) is 39.9 Å². The van der Waals surface area contributed by atoms with Crippen molar-refractivity contribution in [3.05, 3.63) is 101 Å². The number of hydrogen-bond acceptors (Lipinski definition) is 7. The van der Waals surface area contributed by atoms with E-state index in [-0.39, 0.29) is 36.1 Å². The van der Waals surface area contributed by atoms with Gasteiger partial charge in [0.1, 0.15) is 0 Å². The number of carbonyl (C=O) groups excluding carboxylic acids is 4. The molecule has 2 unspecified atom stereocenters. The van der Waals surface area contributed by atoms with Crippen LogP contribution in [0.3, 0.4) is 0 Å². The van der Waals surface area contributed by atoms with E-state index in [1.807, 2.05) is 79.8 Å². The van der Waals surface area contributed by atoms with Gasteiger partial charge in [0, 0.05) is 44.6 Å². The molecule has 9 heteroatoms. The third-order valence-corrected chi connectivity index (χ3v) is 7.83. The van der Waals surface area contributed by atoms with Crippen LogP contribution in [0.1, 0.15) is 46.6 Å². The van der Waals surface area contributed by atoms with Gasteiger partial charge in [0.2, 0.25) is 11.8 Å². The lowest BCUT2D eigenvalue weighted by atomic mass is 9.52. The van der Waals surface area contributed by atoms with Gasteiger partial charge in [-0.3, -0.25) is 19.2 Å². The standard InChI is InChI=1S/C33H37N3O6/c1-20(37)35-18-22-6-5-7-23(16-22)19-36-27(38)17-21-8-10-24(11-9-21)28-30(32(39)41-3)29(31(28)33(40)42-4)25-12-14-26(34-2)15-13-25/h5-16,28-31,34H,17-19H2,1-4H3,(H,35,37)(H,36,38). The first-order valence-electron chi connectivity index (χ1n) is 13.9. The van der Waals surface area contributed by atoms with Crippen molar-refractivity contribution < 1.29 is 28.7 Å². The maximum atomic E-state index is 13.0. The number of methoxy groups -OCH3 is 2. The maximum absolute atomic E-state index is 13.0. The quantitative estimate of drug-likeness (QED) is 0.300. The average molecular weight is 572 g/mol. The summed E-state index contributed by atoms with van der Waals surface area (Å²) in [5.41, 5.74) is 5.29. The monoisotopic (exact) mass is 571 g/mol. The summed E-state index contributed by atoms with van der Waals surface area (Å²) in [5, 5.41) is 8.78. The van der Waals surface area contributed by atoms with E-state index in [1.165, 1.54) is 21.1 Å². The molecule has 2 atom stereocenters. The van der Waals surface area contributed by atoms with Gasteiger partial charge in [-0.1, -0.05) is 60.7 Å². The highest BCUT2D eigenvalue weighted by molar-refractivity contribution is 5.85. The lowest BCUT2D eigenvalue weighted by Gasteiger charge is -2.49. The third-order valence-electron chi connectivity index (χ3n) is 7.83. The molecule has 0 bridgehead atoms. The molecule has 1 fully saturated rings. The molecule has 3 aromatic rings. The largest absolute Gasteiger partial charge is 0.469 e. The maximum Gasteiger partial charge on any atom is 0.309 e. The number of amides is 2. The summed E-state index contributed by atoms with van der Waals surface area (Å²) in [6, 6.07) is 22.8. The summed E-state index contributed by atoms with van der Waals surface area (Å²) in [4.78, 5) is 49.8. The lowest BCUT2D eigenvalue weighted by Crippen LogP contribution is -2.51. The van der Waals surface area contributed by atoms with Crippen molar-refractivity contribution in [2.24, 2.45) is 11.8 Å². The van der Waals surface area contributed by atoms with Crippen LogP contribution in [0.15, 0.2) is 72.8 Å². The highest BCUT2D eigenvalue weighted by Crippen LogP contribution is 2.58. The third kappa shape index (κ3) is 6.97. The summed E-state index contributed by atoms with van der Waals surface area (Å²) in [6.07, 6.45) is 0.178. The highest BCUT2D eigenvalue weighted by atomic mass is 16.5. The minimum absolute atomic E-state index is 0.0991. The van der Waals surface area contributed by atoms with Gasteiger partial charge in [-0.25, -0.2) is 0 Å². The Morgan fingerprint density at radius 1 is 0.690 bits per heavy atom. The van der Waals surface area contributed by atoms with Gasteiger partial charge in [-0.15, -0.1) is 0 Å². The molecule has 220 valence electrons. The molecule has 42 heavy (non-hydrogen) atoms. The molecule has 0 aliphatic heterocycles. The summed E-state index contributed by atoms with van der Waals surface area (Å²) in [7, 11) is 4.53. The van der Waals surface area contributed by atoms with Crippen LogP contribution in [0.25, 0.3) is 0 Å². The van der Waals surface area contributed by atoms with Crippen LogP contribution in [0, 0.1) is 11.8 Å². The molecule has 0 radical (unpaired) electrons. The van der Waals surface area contributed by atoms with Gasteiger partial charge in [0.15, 0.2) is 0 Å². The Hall–Kier alpha value is -4.66. The number of anilines is 1. The molecular weight excluding hydrogens is 534 g/mol. The second-order valence-corrected chi connectivity index (χ2v) is 10.4. The normalized spacial score (nSPS) is 19.1. The van der Waals surface area contributed by atoms with E-state index in [9.17, 15) is 19.2 Å². The number of ether oxygens (including phenoxy) is 2. The molecular formula is C33H37N3O6. The zero-order valence-electron chi connectivity index (χ0n) is 24.3. The molecule has 3 aromatic carbocycles. The minimum Gasteiger partial charge on any atom is -0.469 e. The fourth-order valence-corrected chi connectivity index (χ4v) is 5.69. The van der Waals surface area contributed by atoms with Crippen molar-refractivity contribution in [2.75, 3.05) is 26.6 Å². The fourth-order valence-electron chi connectivity index (χ4n) is 5.69. The van der Waals surface area contributed by atoms with E-state index in [4.69, 9.17) is 9.47 Å². The smallest absolute Gasteiger partial charge is 0.309 e. The van der Waals surface area contributed by atoms with Gasteiger partial charge in [0.25, 0.3) is 0 Å². The fraction of sp³-hybridized carbons (Fsp3) is 0.333. The predicted molar refractivity (Wildman–Crippen MR) is 158 cm³/mol. The zero-order valence-corrected chi connectivity index (χ0v) is 24.3.